The van der Waals surface area contributed by atoms with Crippen molar-refractivity contribution in [3.63, 3.8) is 0 Å². The Morgan fingerprint density at radius 3 is 2.35 bits per heavy atom. The maximum absolute atomic E-state index is 12.2. The molecule has 96 valence electrons. The molecule has 0 bridgehead atoms. The van der Waals surface area contributed by atoms with Gasteiger partial charge in [0.1, 0.15) is 0 Å². The van der Waals surface area contributed by atoms with Gasteiger partial charge in [-0.1, -0.05) is 29.8 Å². The number of nitrogens with one attached hydrogen (secondary N) is 1. The molecule has 1 aromatic carbocycles. The molecule has 0 aliphatic rings. The van der Waals surface area contributed by atoms with Crippen LogP contribution in [0.2, 0.25) is 5.02 Å². The van der Waals surface area contributed by atoms with Crippen molar-refractivity contribution in [2.24, 2.45) is 0 Å². The Bertz CT molecular complexity index is 383. The summed E-state index contributed by atoms with van der Waals surface area (Å²) in [6, 6.07) is 6.49. The summed E-state index contributed by atoms with van der Waals surface area (Å²) in [5.41, 5.74) is -0.776. The number of rotatable bonds is 4. The van der Waals surface area contributed by atoms with Crippen LogP contribution in [0.1, 0.15) is 12.5 Å². The first-order chi connectivity index (χ1) is 7.78. The predicted octanol–water partition coefficient (Wildman–Crippen LogP) is 2.70. The normalized spacial score (nSPS) is 15.6. The van der Waals surface area contributed by atoms with Crippen LogP contribution in [0.4, 0.5) is 13.2 Å². The van der Waals surface area contributed by atoms with E-state index in [-0.39, 0.29) is 0 Å². The van der Waals surface area contributed by atoms with Crippen LogP contribution in [-0.4, -0.2) is 24.4 Å². The van der Waals surface area contributed by atoms with Gasteiger partial charge in [-0.15, -0.1) is 0 Å². The van der Waals surface area contributed by atoms with Crippen LogP contribution in [0.3, 0.4) is 0 Å². The number of alkyl halides is 3. The molecule has 6 heteroatoms. The molecule has 0 saturated heterocycles. The third-order valence-corrected chi connectivity index (χ3v) is 2.79. The van der Waals surface area contributed by atoms with Crippen LogP contribution >= 0.6 is 11.6 Å². The van der Waals surface area contributed by atoms with E-state index in [0.29, 0.717) is 10.6 Å². The highest BCUT2D eigenvalue weighted by Crippen LogP contribution is 2.28. The van der Waals surface area contributed by atoms with Gasteiger partial charge in [0.15, 0.2) is 0 Å². The molecule has 0 aliphatic carbocycles. The first-order valence-corrected chi connectivity index (χ1v) is 5.34. The average molecular weight is 268 g/mol. The summed E-state index contributed by atoms with van der Waals surface area (Å²) in [6.07, 6.45) is -4.34. The molecule has 1 unspecified atom stereocenters. The van der Waals surface area contributed by atoms with Gasteiger partial charge in [0, 0.05) is 5.02 Å². The fourth-order valence-corrected chi connectivity index (χ4v) is 1.78. The van der Waals surface area contributed by atoms with Crippen LogP contribution in [0, 0.1) is 0 Å². The summed E-state index contributed by atoms with van der Waals surface area (Å²) in [4.78, 5) is 0. The van der Waals surface area contributed by atoms with Crippen LogP contribution in [-0.2, 0) is 5.54 Å². The lowest BCUT2D eigenvalue weighted by Crippen LogP contribution is -2.47. The summed E-state index contributed by atoms with van der Waals surface area (Å²) >= 11 is 5.91. The van der Waals surface area contributed by atoms with Crippen molar-refractivity contribution < 1.29 is 18.3 Å². The van der Waals surface area contributed by atoms with Gasteiger partial charge < -0.3 is 5.11 Å². The molecular formula is C11H13ClF3NO. The smallest absolute Gasteiger partial charge is 0.394 e. The highest BCUT2D eigenvalue weighted by Gasteiger charge is 2.34. The second-order valence-corrected chi connectivity index (χ2v) is 4.35. The van der Waals surface area contributed by atoms with Gasteiger partial charge in [0.2, 0.25) is 0 Å². The Hall–Kier alpha value is -0.780. The van der Waals surface area contributed by atoms with Gasteiger partial charge >= 0.3 is 6.18 Å². The average Bonchev–Trinajstić information content (AvgIpc) is 2.26. The Balaban J connectivity index is 2.93. The van der Waals surface area contributed by atoms with Crippen molar-refractivity contribution in [3.05, 3.63) is 34.9 Å². The van der Waals surface area contributed by atoms with Crippen LogP contribution in [0.25, 0.3) is 0 Å². The van der Waals surface area contributed by atoms with E-state index in [0.717, 1.165) is 0 Å². The van der Waals surface area contributed by atoms with Crippen molar-refractivity contribution in [3.8, 4) is 0 Å². The molecule has 0 spiro atoms. The lowest BCUT2D eigenvalue weighted by Gasteiger charge is -2.30. The Morgan fingerprint density at radius 1 is 1.29 bits per heavy atom. The molecule has 0 aliphatic heterocycles. The van der Waals surface area contributed by atoms with Gasteiger partial charge in [0.25, 0.3) is 0 Å². The number of halogens is 4. The first kappa shape index (κ1) is 14.3. The van der Waals surface area contributed by atoms with E-state index in [2.05, 4.69) is 5.32 Å². The zero-order chi connectivity index (χ0) is 13.1. The highest BCUT2D eigenvalue weighted by molar-refractivity contribution is 6.31. The molecule has 0 amide bonds. The van der Waals surface area contributed by atoms with Crippen LogP contribution in [0.5, 0.6) is 0 Å². The van der Waals surface area contributed by atoms with E-state index in [4.69, 9.17) is 11.6 Å². The molecule has 2 N–H and O–H groups in total. The van der Waals surface area contributed by atoms with Crippen LogP contribution < -0.4 is 5.32 Å². The zero-order valence-corrected chi connectivity index (χ0v) is 9.94. The molecule has 17 heavy (non-hydrogen) atoms. The molecule has 0 radical (unpaired) electrons. The lowest BCUT2D eigenvalue weighted by atomic mass is 9.93. The van der Waals surface area contributed by atoms with Gasteiger partial charge in [-0.25, -0.2) is 0 Å². The monoisotopic (exact) mass is 267 g/mol. The van der Waals surface area contributed by atoms with Gasteiger partial charge in [-0.3, -0.25) is 5.32 Å². The largest absolute Gasteiger partial charge is 0.401 e. The fraction of sp³-hybridized carbons (Fsp3) is 0.455. The van der Waals surface area contributed by atoms with Gasteiger partial charge in [-0.2, -0.15) is 13.2 Å². The minimum atomic E-state index is -4.34. The summed E-state index contributed by atoms with van der Waals surface area (Å²) < 4.78 is 36.5. The minimum Gasteiger partial charge on any atom is -0.394 e. The Morgan fingerprint density at radius 2 is 1.88 bits per heavy atom. The van der Waals surface area contributed by atoms with Crippen molar-refractivity contribution in [2.75, 3.05) is 13.2 Å². The van der Waals surface area contributed by atoms with E-state index < -0.39 is 24.9 Å². The molecule has 0 saturated carbocycles. The third kappa shape index (κ3) is 3.87. The van der Waals surface area contributed by atoms with E-state index in [1.807, 2.05) is 0 Å². The molecule has 1 rings (SSSR count). The topological polar surface area (TPSA) is 32.3 Å². The standard InChI is InChI=1S/C11H13ClF3NO/c1-10(7-17,16-6-11(13,14)15)8-4-2-3-5-9(8)12/h2-5,16-17H,6-7H2,1H3. The summed E-state index contributed by atoms with van der Waals surface area (Å²) in [5.74, 6) is 0. The van der Waals surface area contributed by atoms with Gasteiger partial charge in [-0.05, 0) is 18.6 Å². The van der Waals surface area contributed by atoms with Crippen molar-refractivity contribution >= 4 is 11.6 Å². The number of benzene rings is 1. The second kappa shape index (κ2) is 5.25. The summed E-state index contributed by atoms with van der Waals surface area (Å²) in [5, 5.41) is 11.9. The predicted molar refractivity (Wildman–Crippen MR) is 59.9 cm³/mol. The minimum absolute atomic E-state index is 0.318. The highest BCUT2D eigenvalue weighted by atomic mass is 35.5. The van der Waals surface area contributed by atoms with Crippen molar-refractivity contribution in [1.82, 2.24) is 5.32 Å². The molecule has 2 nitrogen and oxygen atoms in total. The van der Waals surface area contributed by atoms with Gasteiger partial charge in [0.05, 0.1) is 18.7 Å². The Kier molecular flexibility index (Phi) is 4.41. The van der Waals surface area contributed by atoms with E-state index >= 15 is 0 Å². The number of aliphatic hydroxyl groups excluding tert-OH is 1. The lowest BCUT2D eigenvalue weighted by molar-refractivity contribution is -0.129. The number of hydrogen-bond acceptors (Lipinski definition) is 2. The van der Waals surface area contributed by atoms with E-state index in [9.17, 15) is 18.3 Å². The quantitative estimate of drug-likeness (QED) is 0.879. The zero-order valence-electron chi connectivity index (χ0n) is 9.18. The number of aliphatic hydroxyl groups is 1. The SMILES string of the molecule is CC(CO)(NCC(F)(F)F)c1ccccc1Cl. The van der Waals surface area contributed by atoms with E-state index in [1.165, 1.54) is 6.92 Å². The number of hydrogen-bond donors (Lipinski definition) is 2. The summed E-state index contributed by atoms with van der Waals surface area (Å²) in [7, 11) is 0. The molecule has 1 atom stereocenters. The fourth-order valence-electron chi connectivity index (χ4n) is 1.44. The molecular weight excluding hydrogens is 255 g/mol. The first-order valence-electron chi connectivity index (χ1n) is 4.96. The van der Waals surface area contributed by atoms with E-state index in [1.54, 1.807) is 24.3 Å². The van der Waals surface area contributed by atoms with Crippen LogP contribution in [0.15, 0.2) is 24.3 Å². The van der Waals surface area contributed by atoms with Crippen molar-refractivity contribution in [1.29, 1.82) is 0 Å². The maximum atomic E-state index is 12.2. The molecule has 0 aromatic heterocycles. The molecule has 0 fully saturated rings. The Labute approximate surface area is 102 Å². The van der Waals surface area contributed by atoms with Crippen molar-refractivity contribution in [2.45, 2.75) is 18.6 Å². The molecule has 0 heterocycles. The molecule has 1 aromatic rings. The third-order valence-electron chi connectivity index (χ3n) is 2.46. The summed E-state index contributed by atoms with van der Waals surface area (Å²) in [6.45, 7) is -0.192. The maximum Gasteiger partial charge on any atom is 0.401 e. The second-order valence-electron chi connectivity index (χ2n) is 3.94.